The molecule has 3 heterocycles. The molecule has 60 heavy (non-hydrogen) atoms. The molecule has 0 aliphatic rings. The second-order valence-corrected chi connectivity index (χ2v) is 15.5. The van der Waals surface area contributed by atoms with Crippen LogP contribution in [0.1, 0.15) is 0 Å². The number of hydrogen-bond donors (Lipinski definition) is 0. The van der Waals surface area contributed by atoms with E-state index in [1.165, 1.54) is 54.4 Å². The Bertz CT molecular complexity index is 3570. The minimum atomic E-state index is 0.944. The Morgan fingerprint density at radius 3 is 1.43 bits per heavy atom. The molecule has 0 aliphatic heterocycles. The predicted molar refractivity (Wildman–Crippen MR) is 252 cm³/mol. The number of rotatable bonds is 6. The van der Waals surface area contributed by atoms with Gasteiger partial charge in [-0.05, 0) is 93.7 Å². The first-order valence-electron chi connectivity index (χ1n) is 20.6. The largest absolute Gasteiger partial charge is 0.309 e. The van der Waals surface area contributed by atoms with Gasteiger partial charge in [-0.2, -0.15) is 0 Å². The molecule has 9 aromatic carbocycles. The molecule has 0 saturated carbocycles. The Hall–Kier alpha value is -8.01. The van der Waals surface area contributed by atoms with Gasteiger partial charge in [0.1, 0.15) is 0 Å². The lowest BCUT2D eigenvalue weighted by atomic mass is 9.94. The first-order chi connectivity index (χ1) is 29.8. The van der Waals surface area contributed by atoms with Crippen molar-refractivity contribution < 1.29 is 0 Å². The van der Waals surface area contributed by atoms with E-state index in [1.807, 2.05) is 0 Å². The molecule has 0 amide bonds. The zero-order valence-corrected chi connectivity index (χ0v) is 32.7. The van der Waals surface area contributed by atoms with Crippen LogP contribution in [-0.4, -0.2) is 14.1 Å². The topological polar surface area (TPSA) is 22.8 Å². The third-order valence-corrected chi connectivity index (χ3v) is 12.1. The van der Waals surface area contributed by atoms with E-state index in [0.717, 1.165) is 56.1 Å². The zero-order chi connectivity index (χ0) is 39.6. The molecule has 0 unspecified atom stereocenters. The van der Waals surface area contributed by atoms with Crippen LogP contribution in [0.15, 0.2) is 224 Å². The molecule has 3 heteroatoms. The van der Waals surface area contributed by atoms with Gasteiger partial charge in [-0.3, -0.25) is 0 Å². The molecule has 0 fully saturated rings. The van der Waals surface area contributed by atoms with Gasteiger partial charge in [0.15, 0.2) is 0 Å². The molecule has 0 saturated heterocycles. The molecule has 0 atom stereocenters. The highest BCUT2D eigenvalue weighted by Gasteiger charge is 2.21. The van der Waals surface area contributed by atoms with Crippen LogP contribution in [-0.2, 0) is 0 Å². The zero-order valence-electron chi connectivity index (χ0n) is 32.7. The van der Waals surface area contributed by atoms with Crippen molar-refractivity contribution in [3.63, 3.8) is 0 Å². The average molecular weight is 764 g/mol. The van der Waals surface area contributed by atoms with Gasteiger partial charge in [0.2, 0.25) is 0 Å². The molecular formula is C57H37N3. The van der Waals surface area contributed by atoms with Crippen molar-refractivity contribution in [2.45, 2.75) is 0 Å². The maximum atomic E-state index is 5.42. The highest BCUT2D eigenvalue weighted by atomic mass is 15.0. The van der Waals surface area contributed by atoms with Gasteiger partial charge in [-0.25, -0.2) is 4.98 Å². The summed E-state index contributed by atoms with van der Waals surface area (Å²) < 4.78 is 4.83. The van der Waals surface area contributed by atoms with E-state index in [9.17, 15) is 0 Å². The monoisotopic (exact) mass is 763 g/mol. The maximum absolute atomic E-state index is 5.42. The average Bonchev–Trinajstić information content (AvgIpc) is 3.85. The summed E-state index contributed by atoms with van der Waals surface area (Å²) in [6.45, 7) is 0. The quantitative estimate of drug-likeness (QED) is 0.165. The van der Waals surface area contributed by atoms with Crippen LogP contribution in [0.25, 0.3) is 111 Å². The summed E-state index contributed by atoms with van der Waals surface area (Å²) in [5, 5.41) is 7.45. The number of hydrogen-bond acceptors (Lipinski definition) is 1. The van der Waals surface area contributed by atoms with Crippen molar-refractivity contribution >= 4 is 54.4 Å². The smallest absolute Gasteiger partial charge is 0.0721 e. The number of aromatic nitrogens is 3. The summed E-state index contributed by atoms with van der Waals surface area (Å²) in [6.07, 6.45) is 0. The summed E-state index contributed by atoms with van der Waals surface area (Å²) in [6, 6.07) is 80.8. The predicted octanol–water partition coefficient (Wildman–Crippen LogP) is 15.1. The summed E-state index contributed by atoms with van der Waals surface area (Å²) in [4.78, 5) is 5.42. The highest BCUT2D eigenvalue weighted by molar-refractivity contribution is 6.29. The van der Waals surface area contributed by atoms with Crippen LogP contribution in [0, 0.1) is 0 Å². The Kier molecular flexibility index (Phi) is 7.85. The second kappa shape index (κ2) is 13.8. The SMILES string of the molecule is c1ccc(-c2cc(-c3ccccc3-c3ccc(-n4c5ccccc5c5c6c7ccccc7n(-c7ccccc7)c6ccc54)cc3)nc(-c3cccc4ccccc34)c2)cc1. The molecule has 12 rings (SSSR count). The molecule has 3 aromatic heterocycles. The second-order valence-electron chi connectivity index (χ2n) is 15.5. The standard InChI is InChI=1S/C57H37N3/c1-3-16-38(17-4-1)41-36-50(58-51(37-41)47-27-15-19-39-18-7-8-22-44(39)47)46-24-10-9-23-45(46)40-30-32-43(33-31-40)60-53-29-14-12-26-49(53)57-55(60)35-34-54-56(57)48-25-11-13-28-52(48)59(54)42-20-5-2-6-21-42/h1-37H. The molecule has 0 bridgehead atoms. The van der Waals surface area contributed by atoms with E-state index in [-0.39, 0.29) is 0 Å². The summed E-state index contributed by atoms with van der Waals surface area (Å²) in [7, 11) is 0. The van der Waals surface area contributed by atoms with Gasteiger partial charge in [-0.1, -0.05) is 164 Å². The molecule has 0 N–H and O–H groups in total. The Labute approximate surface area is 347 Å². The van der Waals surface area contributed by atoms with Crippen LogP contribution >= 0.6 is 0 Å². The normalized spacial score (nSPS) is 11.7. The number of para-hydroxylation sites is 3. The van der Waals surface area contributed by atoms with Gasteiger partial charge in [0.25, 0.3) is 0 Å². The van der Waals surface area contributed by atoms with Gasteiger partial charge in [0, 0.05) is 44.0 Å². The van der Waals surface area contributed by atoms with Crippen LogP contribution in [0.5, 0.6) is 0 Å². The lowest BCUT2D eigenvalue weighted by Gasteiger charge is -2.15. The van der Waals surface area contributed by atoms with E-state index < -0.39 is 0 Å². The molecule has 12 aromatic rings. The molecule has 0 aliphatic carbocycles. The molecule has 0 spiro atoms. The first-order valence-corrected chi connectivity index (χ1v) is 20.6. The molecule has 3 nitrogen and oxygen atoms in total. The Balaban J connectivity index is 1.01. The third kappa shape index (κ3) is 5.40. The van der Waals surface area contributed by atoms with Gasteiger partial charge in [-0.15, -0.1) is 0 Å². The third-order valence-electron chi connectivity index (χ3n) is 12.1. The van der Waals surface area contributed by atoms with Crippen LogP contribution < -0.4 is 0 Å². The number of pyridine rings is 1. The summed E-state index contributed by atoms with van der Waals surface area (Å²) in [5.41, 5.74) is 15.8. The molecular weight excluding hydrogens is 727 g/mol. The van der Waals surface area contributed by atoms with Crippen molar-refractivity contribution in [2.24, 2.45) is 0 Å². The van der Waals surface area contributed by atoms with E-state index >= 15 is 0 Å². The van der Waals surface area contributed by atoms with Gasteiger partial charge < -0.3 is 9.13 Å². The highest BCUT2D eigenvalue weighted by Crippen LogP contribution is 2.43. The number of fused-ring (bicyclic) bond motifs is 8. The lowest BCUT2D eigenvalue weighted by molar-refractivity contribution is 1.17. The Morgan fingerprint density at radius 1 is 0.283 bits per heavy atom. The number of nitrogens with zero attached hydrogens (tertiary/aromatic N) is 3. The van der Waals surface area contributed by atoms with E-state index in [4.69, 9.17) is 4.98 Å². The molecule has 0 radical (unpaired) electrons. The Morgan fingerprint density at radius 2 is 0.767 bits per heavy atom. The van der Waals surface area contributed by atoms with Crippen LogP contribution in [0.2, 0.25) is 0 Å². The fourth-order valence-corrected chi connectivity index (χ4v) is 9.45. The lowest BCUT2D eigenvalue weighted by Crippen LogP contribution is -1.95. The van der Waals surface area contributed by atoms with E-state index in [2.05, 4.69) is 234 Å². The van der Waals surface area contributed by atoms with Crippen LogP contribution in [0.4, 0.5) is 0 Å². The summed E-state index contributed by atoms with van der Waals surface area (Å²) in [5.74, 6) is 0. The van der Waals surface area contributed by atoms with E-state index in [0.29, 0.717) is 0 Å². The van der Waals surface area contributed by atoms with Gasteiger partial charge in [0.05, 0.1) is 33.5 Å². The van der Waals surface area contributed by atoms with Crippen molar-refractivity contribution in [3.05, 3.63) is 224 Å². The van der Waals surface area contributed by atoms with Crippen molar-refractivity contribution in [1.29, 1.82) is 0 Å². The summed E-state index contributed by atoms with van der Waals surface area (Å²) >= 11 is 0. The number of benzene rings is 9. The minimum absolute atomic E-state index is 0.944. The maximum Gasteiger partial charge on any atom is 0.0721 e. The van der Waals surface area contributed by atoms with Gasteiger partial charge >= 0.3 is 0 Å². The first kappa shape index (κ1) is 34.1. The van der Waals surface area contributed by atoms with Crippen molar-refractivity contribution in [1.82, 2.24) is 14.1 Å². The van der Waals surface area contributed by atoms with Crippen molar-refractivity contribution in [3.8, 4) is 56.1 Å². The van der Waals surface area contributed by atoms with Crippen molar-refractivity contribution in [2.75, 3.05) is 0 Å². The fourth-order valence-electron chi connectivity index (χ4n) is 9.45. The van der Waals surface area contributed by atoms with Crippen LogP contribution in [0.3, 0.4) is 0 Å². The van der Waals surface area contributed by atoms with E-state index in [1.54, 1.807) is 0 Å². The fraction of sp³-hybridized carbons (Fsp3) is 0. The minimum Gasteiger partial charge on any atom is -0.309 e. The molecule has 280 valence electrons.